The zero-order valence-corrected chi connectivity index (χ0v) is 10.3. The molecule has 88 valence electrons. The Balaban J connectivity index is 0.00000128. The predicted octanol–water partition coefficient (Wildman–Crippen LogP) is 2.42. The van der Waals surface area contributed by atoms with Crippen molar-refractivity contribution >= 4 is 18.1 Å². The lowest BCUT2D eigenvalue weighted by molar-refractivity contribution is 0.284. The number of hydrogen-bond donors (Lipinski definition) is 0. The van der Waals surface area contributed by atoms with Gasteiger partial charge in [-0.3, -0.25) is 4.90 Å². The van der Waals surface area contributed by atoms with Crippen LogP contribution < -0.4 is 4.90 Å². The van der Waals surface area contributed by atoms with Crippen molar-refractivity contribution in [1.82, 2.24) is 4.90 Å². The number of rotatable bonds is 3. The zero-order valence-electron chi connectivity index (χ0n) is 9.51. The molecule has 0 atom stereocenters. The molecule has 1 aliphatic rings. The van der Waals surface area contributed by atoms with Crippen LogP contribution in [0.15, 0.2) is 43.0 Å². The van der Waals surface area contributed by atoms with Crippen LogP contribution in [0, 0.1) is 0 Å². The second-order valence-corrected chi connectivity index (χ2v) is 3.91. The maximum atomic E-state index is 3.78. The summed E-state index contributed by atoms with van der Waals surface area (Å²) in [4.78, 5) is 4.88. The molecule has 0 amide bonds. The maximum Gasteiger partial charge on any atom is 0.0367 e. The Morgan fingerprint density at radius 2 is 1.69 bits per heavy atom. The Morgan fingerprint density at radius 3 is 2.25 bits per heavy atom. The van der Waals surface area contributed by atoms with E-state index in [0.29, 0.717) is 0 Å². The molecule has 16 heavy (non-hydrogen) atoms. The van der Waals surface area contributed by atoms with Gasteiger partial charge in [-0.15, -0.1) is 19.0 Å². The Hall–Kier alpha value is -0.990. The molecule has 1 heterocycles. The van der Waals surface area contributed by atoms with Gasteiger partial charge in [-0.25, -0.2) is 0 Å². The second kappa shape index (κ2) is 6.56. The molecule has 2 rings (SSSR count). The van der Waals surface area contributed by atoms with Crippen molar-refractivity contribution < 1.29 is 0 Å². The molecule has 2 nitrogen and oxygen atoms in total. The molecule has 0 aromatic heterocycles. The molecule has 3 heteroatoms. The number of para-hydroxylation sites is 1. The van der Waals surface area contributed by atoms with Gasteiger partial charge in [-0.2, -0.15) is 0 Å². The standard InChI is InChI=1S/C13H18N2.ClH/c1-2-8-14-9-11-15(12-10-14)13-6-4-3-5-7-13;/h2-7H,1,8-12H2;1H. The summed E-state index contributed by atoms with van der Waals surface area (Å²) in [5, 5.41) is 0. The molecule has 0 spiro atoms. The summed E-state index contributed by atoms with van der Waals surface area (Å²) in [7, 11) is 0. The highest BCUT2D eigenvalue weighted by molar-refractivity contribution is 5.85. The van der Waals surface area contributed by atoms with Gasteiger partial charge in [0.15, 0.2) is 0 Å². The van der Waals surface area contributed by atoms with Gasteiger partial charge < -0.3 is 4.90 Å². The first-order valence-electron chi connectivity index (χ1n) is 5.53. The SMILES string of the molecule is C=CCN1CCN(c2ccccc2)CC1.Cl. The van der Waals surface area contributed by atoms with Crippen LogP contribution in [0.1, 0.15) is 0 Å². The van der Waals surface area contributed by atoms with E-state index in [4.69, 9.17) is 0 Å². The highest BCUT2D eigenvalue weighted by Gasteiger charge is 2.15. The average molecular weight is 239 g/mol. The maximum absolute atomic E-state index is 3.78. The molecule has 0 unspecified atom stereocenters. The molecule has 0 aliphatic carbocycles. The van der Waals surface area contributed by atoms with Gasteiger partial charge in [0.2, 0.25) is 0 Å². The molecule has 0 N–H and O–H groups in total. The van der Waals surface area contributed by atoms with Gasteiger partial charge in [-0.05, 0) is 12.1 Å². The summed E-state index contributed by atoms with van der Waals surface area (Å²) in [6.45, 7) is 9.32. The van der Waals surface area contributed by atoms with Crippen molar-refractivity contribution in [2.24, 2.45) is 0 Å². The smallest absolute Gasteiger partial charge is 0.0367 e. The monoisotopic (exact) mass is 238 g/mol. The van der Waals surface area contributed by atoms with Crippen LogP contribution in [0.5, 0.6) is 0 Å². The van der Waals surface area contributed by atoms with E-state index in [1.54, 1.807) is 0 Å². The van der Waals surface area contributed by atoms with Crippen LogP contribution in [-0.2, 0) is 0 Å². The van der Waals surface area contributed by atoms with E-state index in [1.807, 2.05) is 6.08 Å². The van der Waals surface area contributed by atoms with E-state index in [2.05, 4.69) is 46.7 Å². The lowest BCUT2D eigenvalue weighted by Crippen LogP contribution is -2.46. The number of piperazine rings is 1. The fourth-order valence-electron chi connectivity index (χ4n) is 2.01. The minimum Gasteiger partial charge on any atom is -0.369 e. The summed E-state index contributed by atoms with van der Waals surface area (Å²) in [6, 6.07) is 10.6. The summed E-state index contributed by atoms with van der Waals surface area (Å²) in [5.74, 6) is 0. The van der Waals surface area contributed by atoms with E-state index in [9.17, 15) is 0 Å². The molecular weight excluding hydrogens is 220 g/mol. The number of anilines is 1. The van der Waals surface area contributed by atoms with E-state index < -0.39 is 0 Å². The fraction of sp³-hybridized carbons (Fsp3) is 0.385. The van der Waals surface area contributed by atoms with Crippen LogP contribution in [0.3, 0.4) is 0 Å². The first-order valence-corrected chi connectivity index (χ1v) is 5.53. The van der Waals surface area contributed by atoms with Gasteiger partial charge in [-0.1, -0.05) is 24.3 Å². The summed E-state index contributed by atoms with van der Waals surface area (Å²) in [6.07, 6.45) is 1.98. The van der Waals surface area contributed by atoms with Gasteiger partial charge in [0.25, 0.3) is 0 Å². The second-order valence-electron chi connectivity index (χ2n) is 3.91. The van der Waals surface area contributed by atoms with Gasteiger partial charge in [0, 0.05) is 38.4 Å². The molecule has 0 saturated carbocycles. The van der Waals surface area contributed by atoms with Crippen LogP contribution in [0.25, 0.3) is 0 Å². The zero-order chi connectivity index (χ0) is 10.5. The highest BCUT2D eigenvalue weighted by Crippen LogP contribution is 2.15. The number of benzene rings is 1. The normalized spacial score (nSPS) is 16.6. The first-order chi connectivity index (χ1) is 7.40. The Bertz CT molecular complexity index is 305. The fourth-order valence-corrected chi connectivity index (χ4v) is 2.01. The summed E-state index contributed by atoms with van der Waals surface area (Å²) < 4.78 is 0. The van der Waals surface area contributed by atoms with Gasteiger partial charge in [0.05, 0.1) is 0 Å². The quantitative estimate of drug-likeness (QED) is 0.747. The molecule has 1 saturated heterocycles. The Morgan fingerprint density at radius 1 is 1.06 bits per heavy atom. The molecular formula is C13H19ClN2. The van der Waals surface area contributed by atoms with Crippen molar-refractivity contribution in [3.8, 4) is 0 Å². The van der Waals surface area contributed by atoms with E-state index in [1.165, 1.54) is 5.69 Å². The number of halogens is 1. The van der Waals surface area contributed by atoms with Crippen LogP contribution in [0.2, 0.25) is 0 Å². The third-order valence-corrected chi connectivity index (χ3v) is 2.88. The third-order valence-electron chi connectivity index (χ3n) is 2.88. The Labute approximate surface area is 104 Å². The summed E-state index contributed by atoms with van der Waals surface area (Å²) in [5.41, 5.74) is 1.34. The third kappa shape index (κ3) is 3.26. The van der Waals surface area contributed by atoms with Crippen molar-refractivity contribution in [3.63, 3.8) is 0 Å². The first kappa shape index (κ1) is 13.1. The number of nitrogens with zero attached hydrogens (tertiary/aromatic N) is 2. The molecule has 1 fully saturated rings. The number of hydrogen-bond acceptors (Lipinski definition) is 2. The van der Waals surface area contributed by atoms with E-state index >= 15 is 0 Å². The van der Waals surface area contributed by atoms with Gasteiger partial charge in [0.1, 0.15) is 0 Å². The van der Waals surface area contributed by atoms with Crippen molar-refractivity contribution in [2.45, 2.75) is 0 Å². The molecule has 0 bridgehead atoms. The average Bonchev–Trinajstić information content (AvgIpc) is 2.32. The van der Waals surface area contributed by atoms with Crippen LogP contribution in [-0.4, -0.2) is 37.6 Å². The Kier molecular flexibility index (Phi) is 5.36. The van der Waals surface area contributed by atoms with E-state index in [-0.39, 0.29) is 12.4 Å². The van der Waals surface area contributed by atoms with Gasteiger partial charge >= 0.3 is 0 Å². The summed E-state index contributed by atoms with van der Waals surface area (Å²) >= 11 is 0. The lowest BCUT2D eigenvalue weighted by Gasteiger charge is -2.35. The van der Waals surface area contributed by atoms with Crippen LogP contribution >= 0.6 is 12.4 Å². The minimum atomic E-state index is 0. The molecule has 1 aromatic carbocycles. The van der Waals surface area contributed by atoms with E-state index in [0.717, 1.165) is 32.7 Å². The molecule has 1 aliphatic heterocycles. The highest BCUT2D eigenvalue weighted by atomic mass is 35.5. The topological polar surface area (TPSA) is 6.48 Å². The molecule has 1 aromatic rings. The minimum absolute atomic E-state index is 0. The lowest BCUT2D eigenvalue weighted by atomic mass is 10.2. The molecule has 0 radical (unpaired) electrons. The van der Waals surface area contributed by atoms with Crippen molar-refractivity contribution in [3.05, 3.63) is 43.0 Å². The largest absolute Gasteiger partial charge is 0.369 e. The van der Waals surface area contributed by atoms with Crippen molar-refractivity contribution in [2.75, 3.05) is 37.6 Å². The van der Waals surface area contributed by atoms with Crippen LogP contribution in [0.4, 0.5) is 5.69 Å². The predicted molar refractivity (Wildman–Crippen MR) is 72.5 cm³/mol. The van der Waals surface area contributed by atoms with Crippen molar-refractivity contribution in [1.29, 1.82) is 0 Å².